The molecule has 0 spiro atoms. The van der Waals surface area contributed by atoms with Crippen molar-refractivity contribution in [2.45, 2.75) is 204 Å². The molecule has 2 aliphatic carbocycles. The summed E-state index contributed by atoms with van der Waals surface area (Å²) in [5.74, 6) is 1.69. The molecule has 4 fully saturated rings. The smallest absolute Gasteiger partial charge is 0.223 e. The Labute approximate surface area is 472 Å². The minimum Gasteiger partial charge on any atom is -0.337 e. The third kappa shape index (κ3) is 14.8. The number of nitrogens with zero attached hydrogens (tertiary/aromatic N) is 4. The lowest BCUT2D eigenvalue weighted by Crippen LogP contribution is -2.60. The summed E-state index contributed by atoms with van der Waals surface area (Å²) in [6.07, 6.45) is 13.7. The summed E-state index contributed by atoms with van der Waals surface area (Å²) >= 11 is 0. The number of rotatable bonds is 12. The van der Waals surface area contributed by atoms with E-state index in [0.717, 1.165) is 37.3 Å². The van der Waals surface area contributed by atoms with Crippen LogP contribution in [-0.4, -0.2) is 109 Å². The number of benzene rings is 4. The minimum absolute atomic E-state index is 0.0157. The highest BCUT2D eigenvalue weighted by atomic mass is 32.2. The van der Waals surface area contributed by atoms with E-state index in [1.165, 1.54) is 75.3 Å². The molecule has 8 rings (SSSR count). The topological polar surface area (TPSA) is 115 Å². The first kappa shape index (κ1) is 61.3. The van der Waals surface area contributed by atoms with Gasteiger partial charge in [0, 0.05) is 64.2 Å². The van der Waals surface area contributed by atoms with Gasteiger partial charge < -0.3 is 9.80 Å². The molecule has 0 radical (unpaired) electrons. The third-order valence-corrected chi connectivity index (χ3v) is 22.4. The van der Waals surface area contributed by atoms with Crippen molar-refractivity contribution in [1.82, 2.24) is 19.6 Å². The average molecular weight is 1110 g/mol. The van der Waals surface area contributed by atoms with Gasteiger partial charge in [-0.1, -0.05) is 165 Å². The average Bonchev–Trinajstić information content (AvgIpc) is 3.54. The van der Waals surface area contributed by atoms with E-state index >= 15 is 0 Å². The van der Waals surface area contributed by atoms with E-state index in [-0.39, 0.29) is 35.0 Å². The van der Waals surface area contributed by atoms with Gasteiger partial charge in [0.15, 0.2) is 19.7 Å². The van der Waals surface area contributed by atoms with Gasteiger partial charge in [0.1, 0.15) is 0 Å². The van der Waals surface area contributed by atoms with Crippen molar-refractivity contribution >= 4 is 31.5 Å². The molecular formula is C66H96N4O6S2. The zero-order valence-electron chi connectivity index (χ0n) is 49.6. The second-order valence-electron chi connectivity index (χ2n) is 27.3. The molecule has 2 heterocycles. The normalized spacial score (nSPS) is 21.1. The number of amides is 2. The third-order valence-electron chi connectivity index (χ3n) is 17.4. The van der Waals surface area contributed by atoms with Gasteiger partial charge in [-0.2, -0.15) is 0 Å². The predicted molar refractivity (Wildman–Crippen MR) is 319 cm³/mol. The number of carbonyl (C=O) groups is 2. The fourth-order valence-electron chi connectivity index (χ4n) is 12.5. The van der Waals surface area contributed by atoms with E-state index in [0.29, 0.717) is 59.4 Å². The molecule has 2 unspecified atom stereocenters. The van der Waals surface area contributed by atoms with Crippen LogP contribution < -0.4 is 0 Å². The van der Waals surface area contributed by atoms with Crippen LogP contribution in [0.5, 0.6) is 0 Å². The van der Waals surface area contributed by atoms with Gasteiger partial charge in [-0.3, -0.25) is 19.4 Å². The molecule has 4 aromatic carbocycles. The fourth-order valence-corrected chi connectivity index (χ4v) is 14.9. The van der Waals surface area contributed by atoms with Gasteiger partial charge >= 0.3 is 0 Å². The van der Waals surface area contributed by atoms with Gasteiger partial charge in [-0.15, -0.1) is 0 Å². The Balaban J connectivity index is 0.000000226. The Bertz CT molecular complexity index is 2600. The Morgan fingerprint density at radius 1 is 0.423 bits per heavy atom. The molecule has 0 aromatic heterocycles. The van der Waals surface area contributed by atoms with Crippen molar-refractivity contribution in [3.05, 3.63) is 131 Å². The van der Waals surface area contributed by atoms with E-state index in [9.17, 15) is 26.4 Å². The van der Waals surface area contributed by atoms with Crippen molar-refractivity contribution in [3.63, 3.8) is 0 Å². The quantitative estimate of drug-likeness (QED) is 0.138. The molecule has 78 heavy (non-hydrogen) atoms. The zero-order chi connectivity index (χ0) is 56.8. The number of hydrogen-bond acceptors (Lipinski definition) is 8. The molecule has 2 saturated carbocycles. The summed E-state index contributed by atoms with van der Waals surface area (Å²) in [4.78, 5) is 37.2. The van der Waals surface area contributed by atoms with Crippen molar-refractivity contribution < 1.29 is 26.4 Å². The van der Waals surface area contributed by atoms with Crippen molar-refractivity contribution in [3.8, 4) is 0 Å². The Kier molecular flexibility index (Phi) is 19.8. The van der Waals surface area contributed by atoms with Crippen molar-refractivity contribution in [2.24, 2.45) is 22.7 Å². The molecule has 4 aromatic rings. The summed E-state index contributed by atoms with van der Waals surface area (Å²) in [6.45, 7) is 28.4. The summed E-state index contributed by atoms with van der Waals surface area (Å²) in [6, 6.07) is 36.0. The van der Waals surface area contributed by atoms with Crippen LogP contribution in [0.25, 0.3) is 0 Å². The molecule has 2 aliphatic heterocycles. The molecule has 0 bridgehead atoms. The van der Waals surface area contributed by atoms with Crippen LogP contribution >= 0.6 is 0 Å². The number of hydrogen-bond donors (Lipinski definition) is 0. The highest BCUT2D eigenvalue weighted by Crippen LogP contribution is 2.40. The summed E-state index contributed by atoms with van der Waals surface area (Å²) in [7, 11) is -6.85. The molecule has 12 heteroatoms. The molecule has 0 N–H and O–H groups in total. The second kappa shape index (κ2) is 25.2. The Hall–Kier alpha value is -4.36. The number of piperazine rings is 2. The van der Waals surface area contributed by atoms with Crippen LogP contribution in [0, 0.1) is 22.7 Å². The first-order chi connectivity index (χ1) is 36.6. The summed E-state index contributed by atoms with van der Waals surface area (Å²) in [5, 5.41) is 0. The molecular weight excluding hydrogens is 1010 g/mol. The molecule has 2 saturated heterocycles. The zero-order valence-corrected chi connectivity index (χ0v) is 51.3. The first-order valence-electron chi connectivity index (χ1n) is 29.4. The lowest BCUT2D eigenvalue weighted by Gasteiger charge is -2.49. The lowest BCUT2D eigenvalue weighted by molar-refractivity contribution is -0.142. The molecule has 4 aliphatic rings. The van der Waals surface area contributed by atoms with Crippen LogP contribution in [-0.2, 0) is 29.3 Å². The summed E-state index contributed by atoms with van der Waals surface area (Å²) in [5.41, 5.74) is 4.38. The number of sulfone groups is 2. The van der Waals surface area contributed by atoms with Crippen molar-refractivity contribution in [1.29, 1.82) is 0 Å². The lowest BCUT2D eigenvalue weighted by atomic mass is 9.82. The SMILES string of the molecule is CC(C)(C)[C@H]1CN(C(c2ccccc2)c2ccc(S(=O)(=O)C(C)(C)C)cc2)CCN1C(=O)CC1CCCCC1.CC(C)(C)[C@H]1CN(C(c2ccccc2)c2ccc(S(=O)(=O)C(C)(C)C)cc2)CCN1C(=O)CC1CCCCC1. The van der Waals surface area contributed by atoms with Crippen LogP contribution in [0.4, 0.5) is 0 Å². The predicted octanol–water partition coefficient (Wildman–Crippen LogP) is 13.8. The van der Waals surface area contributed by atoms with Crippen LogP contribution in [0.3, 0.4) is 0 Å². The van der Waals surface area contributed by atoms with E-state index in [1.54, 1.807) is 65.8 Å². The Morgan fingerprint density at radius 2 is 0.718 bits per heavy atom. The monoisotopic (exact) mass is 1100 g/mol. The maximum atomic E-state index is 13.6. The van der Waals surface area contributed by atoms with E-state index in [4.69, 9.17) is 0 Å². The standard InChI is InChI=1S/2C33H48N2O3S/c2*1-32(2,3)29-24-34(21-22-35(29)30(36)23-25-13-9-7-10-14-25)31(26-15-11-8-12-16-26)27-17-19-28(20-18-27)39(37,38)33(4,5)6/h2*8,11-12,15-20,25,29,31H,7,9-10,13-14,21-24H2,1-6H3/t2*29-,31?/m11/s1. The van der Waals surface area contributed by atoms with E-state index in [2.05, 4.69) is 110 Å². The Morgan fingerprint density at radius 3 is 1.00 bits per heavy atom. The van der Waals surface area contributed by atoms with Gasteiger partial charge in [0.2, 0.25) is 11.8 Å². The van der Waals surface area contributed by atoms with E-state index in [1.807, 2.05) is 36.4 Å². The van der Waals surface area contributed by atoms with E-state index < -0.39 is 29.2 Å². The second-order valence-corrected chi connectivity index (χ2v) is 32.7. The van der Waals surface area contributed by atoms with Crippen molar-refractivity contribution in [2.75, 3.05) is 39.3 Å². The molecule has 10 nitrogen and oxygen atoms in total. The van der Waals surface area contributed by atoms with Gasteiger partial charge in [-0.25, -0.2) is 16.8 Å². The molecule has 4 atom stereocenters. The highest BCUT2D eigenvalue weighted by Gasteiger charge is 2.43. The van der Waals surface area contributed by atoms with Gasteiger partial charge in [-0.05, 0) is 136 Å². The van der Waals surface area contributed by atoms with Gasteiger partial charge in [0.25, 0.3) is 0 Å². The molecule has 428 valence electrons. The van der Waals surface area contributed by atoms with Gasteiger partial charge in [0.05, 0.1) is 31.4 Å². The van der Waals surface area contributed by atoms with Crippen LogP contribution in [0.1, 0.15) is 194 Å². The first-order valence-corrected chi connectivity index (χ1v) is 32.4. The van der Waals surface area contributed by atoms with Crippen LogP contribution in [0.2, 0.25) is 0 Å². The minimum atomic E-state index is -3.42. The fraction of sp³-hybridized carbons (Fsp3) is 0.606. The summed E-state index contributed by atoms with van der Waals surface area (Å²) < 4.78 is 50.5. The highest BCUT2D eigenvalue weighted by molar-refractivity contribution is 7.93. The number of carbonyl (C=O) groups excluding carboxylic acids is 2. The largest absolute Gasteiger partial charge is 0.337 e. The van der Waals surface area contributed by atoms with Crippen LogP contribution in [0.15, 0.2) is 119 Å². The molecule has 2 amide bonds. The maximum Gasteiger partial charge on any atom is 0.223 e. The maximum absolute atomic E-state index is 13.6.